The molecule has 0 spiro atoms. The Morgan fingerprint density at radius 2 is 1.36 bits per heavy atom. The molecular formula is C30H47NO8. The average Bonchev–Trinajstić information content (AvgIpc) is 2.72. The minimum absolute atomic E-state index is 0.000851. The Kier molecular flexibility index (Phi) is 11.3. The lowest BCUT2D eigenvalue weighted by Crippen LogP contribution is -2.52. The maximum atomic E-state index is 12.6. The maximum Gasteiger partial charge on any atom is 0.324 e. The number of carboxylic acids is 1. The summed E-state index contributed by atoms with van der Waals surface area (Å²) >= 11 is 0. The molecule has 1 unspecified atom stereocenters. The van der Waals surface area contributed by atoms with E-state index >= 15 is 0 Å². The molecule has 0 aromatic heterocycles. The number of hydrogen-bond donors (Lipinski definition) is 2. The molecule has 1 aromatic rings. The molecule has 39 heavy (non-hydrogen) atoms. The number of aliphatic carboxylic acids is 1. The maximum absolute atomic E-state index is 12.6. The van der Waals surface area contributed by atoms with Crippen LogP contribution >= 0.6 is 0 Å². The van der Waals surface area contributed by atoms with Gasteiger partial charge in [0.05, 0.1) is 18.3 Å². The van der Waals surface area contributed by atoms with Gasteiger partial charge in [-0.15, -0.1) is 0 Å². The molecule has 220 valence electrons. The zero-order chi connectivity index (χ0) is 30.4. The Bertz CT molecular complexity index is 1050. The third-order valence-electron chi connectivity index (χ3n) is 6.15. The normalized spacial score (nSPS) is 14.6. The van der Waals surface area contributed by atoms with Crippen LogP contribution in [0.4, 0.5) is 0 Å². The van der Waals surface area contributed by atoms with Gasteiger partial charge in [-0.1, -0.05) is 54.5 Å². The minimum Gasteiger partial charge on any atom is -0.480 e. The molecule has 0 bridgehead atoms. The SMILES string of the molecule is CCC(C)(C)C(=O)O[C@@H](C)CC(N)(Cc1ccc(OC(=O)CC(C)(C)C)c(OC(=O)CC(C)(C)C)c1)C(=O)O. The summed E-state index contributed by atoms with van der Waals surface area (Å²) in [6.45, 7) is 18.3. The number of benzene rings is 1. The topological polar surface area (TPSA) is 142 Å². The summed E-state index contributed by atoms with van der Waals surface area (Å²) in [6, 6.07) is 4.50. The Balaban J connectivity index is 3.28. The van der Waals surface area contributed by atoms with Crippen LogP contribution in [0.25, 0.3) is 0 Å². The van der Waals surface area contributed by atoms with Gasteiger partial charge >= 0.3 is 23.9 Å². The number of ether oxygens (including phenoxy) is 3. The van der Waals surface area contributed by atoms with Gasteiger partial charge in [0.1, 0.15) is 11.6 Å². The molecule has 1 aromatic carbocycles. The zero-order valence-electron chi connectivity index (χ0n) is 25.2. The van der Waals surface area contributed by atoms with Crippen molar-refractivity contribution >= 4 is 23.9 Å². The fourth-order valence-electron chi connectivity index (χ4n) is 3.65. The van der Waals surface area contributed by atoms with Crippen molar-refractivity contribution in [1.29, 1.82) is 0 Å². The Hall–Kier alpha value is -2.94. The first-order valence-electron chi connectivity index (χ1n) is 13.3. The zero-order valence-corrected chi connectivity index (χ0v) is 25.2. The van der Waals surface area contributed by atoms with E-state index in [-0.39, 0.29) is 48.0 Å². The largest absolute Gasteiger partial charge is 0.480 e. The summed E-state index contributed by atoms with van der Waals surface area (Å²) in [5.74, 6) is -2.66. The highest BCUT2D eigenvalue weighted by molar-refractivity contribution is 5.80. The molecule has 0 fully saturated rings. The Labute approximate surface area is 232 Å². The van der Waals surface area contributed by atoms with Crippen LogP contribution in [0.2, 0.25) is 0 Å². The number of hydrogen-bond acceptors (Lipinski definition) is 8. The van der Waals surface area contributed by atoms with E-state index in [0.29, 0.717) is 12.0 Å². The van der Waals surface area contributed by atoms with Gasteiger partial charge in [0.25, 0.3) is 0 Å². The number of carbonyl (C=O) groups is 4. The molecular weight excluding hydrogens is 502 g/mol. The molecule has 0 amide bonds. The van der Waals surface area contributed by atoms with E-state index in [2.05, 4.69) is 0 Å². The second kappa shape index (κ2) is 12.9. The van der Waals surface area contributed by atoms with Crippen LogP contribution in [0.3, 0.4) is 0 Å². The smallest absolute Gasteiger partial charge is 0.324 e. The Morgan fingerprint density at radius 3 is 1.79 bits per heavy atom. The van der Waals surface area contributed by atoms with Crippen molar-refractivity contribution in [3.8, 4) is 11.5 Å². The van der Waals surface area contributed by atoms with Crippen molar-refractivity contribution in [2.24, 2.45) is 22.0 Å². The predicted octanol–water partition coefficient (Wildman–Crippen LogP) is 5.45. The summed E-state index contributed by atoms with van der Waals surface area (Å²) in [6.07, 6.45) is -0.239. The average molecular weight is 550 g/mol. The first kappa shape index (κ1) is 34.1. The van der Waals surface area contributed by atoms with Gasteiger partial charge in [-0.25, -0.2) is 0 Å². The lowest BCUT2D eigenvalue weighted by atomic mass is 9.86. The second-order valence-electron chi connectivity index (χ2n) is 13.5. The quantitative estimate of drug-likeness (QED) is 0.257. The number of esters is 3. The highest BCUT2D eigenvalue weighted by Crippen LogP contribution is 2.33. The van der Waals surface area contributed by atoms with Gasteiger partial charge in [0.2, 0.25) is 0 Å². The van der Waals surface area contributed by atoms with Gasteiger partial charge in [0.15, 0.2) is 11.5 Å². The molecule has 0 aliphatic rings. The van der Waals surface area contributed by atoms with E-state index < -0.39 is 40.9 Å². The van der Waals surface area contributed by atoms with E-state index in [4.69, 9.17) is 19.9 Å². The van der Waals surface area contributed by atoms with E-state index in [9.17, 15) is 24.3 Å². The van der Waals surface area contributed by atoms with Crippen LogP contribution in [0, 0.1) is 16.2 Å². The second-order valence-corrected chi connectivity index (χ2v) is 13.5. The molecule has 0 heterocycles. The van der Waals surface area contributed by atoms with E-state index in [1.807, 2.05) is 48.5 Å². The number of carboxylic acid groups (broad SMARTS) is 1. The molecule has 1 rings (SSSR count). The molecule has 0 aliphatic carbocycles. The molecule has 9 heteroatoms. The van der Waals surface area contributed by atoms with Crippen molar-refractivity contribution in [3.63, 3.8) is 0 Å². The fraction of sp³-hybridized carbons (Fsp3) is 0.667. The summed E-state index contributed by atoms with van der Waals surface area (Å²) < 4.78 is 16.6. The van der Waals surface area contributed by atoms with Crippen LogP contribution in [0.5, 0.6) is 11.5 Å². The summed E-state index contributed by atoms with van der Waals surface area (Å²) in [4.78, 5) is 49.8. The van der Waals surface area contributed by atoms with Crippen LogP contribution in [-0.2, 0) is 30.3 Å². The highest BCUT2D eigenvalue weighted by atomic mass is 16.6. The summed E-state index contributed by atoms with van der Waals surface area (Å²) in [5, 5.41) is 9.99. The van der Waals surface area contributed by atoms with Crippen molar-refractivity contribution < 1.29 is 38.5 Å². The van der Waals surface area contributed by atoms with Crippen LogP contribution in [0.1, 0.15) is 100 Å². The van der Waals surface area contributed by atoms with Crippen molar-refractivity contribution in [3.05, 3.63) is 23.8 Å². The van der Waals surface area contributed by atoms with Crippen molar-refractivity contribution in [2.45, 2.75) is 113 Å². The number of carbonyl (C=O) groups excluding carboxylic acids is 3. The van der Waals surface area contributed by atoms with Crippen LogP contribution in [0.15, 0.2) is 18.2 Å². The molecule has 9 nitrogen and oxygen atoms in total. The predicted molar refractivity (Wildman–Crippen MR) is 148 cm³/mol. The first-order chi connectivity index (χ1) is 17.6. The molecule has 0 saturated heterocycles. The van der Waals surface area contributed by atoms with Gasteiger partial charge in [-0.2, -0.15) is 0 Å². The molecule has 0 saturated carbocycles. The molecule has 2 atom stereocenters. The van der Waals surface area contributed by atoms with Crippen LogP contribution < -0.4 is 15.2 Å². The lowest BCUT2D eigenvalue weighted by Gasteiger charge is -2.30. The number of nitrogens with two attached hydrogens (primary N) is 1. The van der Waals surface area contributed by atoms with Crippen LogP contribution in [-0.4, -0.2) is 40.6 Å². The van der Waals surface area contributed by atoms with Crippen molar-refractivity contribution in [2.75, 3.05) is 0 Å². The lowest BCUT2D eigenvalue weighted by molar-refractivity contribution is -0.162. The molecule has 0 radical (unpaired) electrons. The minimum atomic E-state index is -1.78. The summed E-state index contributed by atoms with van der Waals surface area (Å²) in [5.41, 5.74) is 3.63. The molecule has 0 aliphatic heterocycles. The highest BCUT2D eigenvalue weighted by Gasteiger charge is 2.38. The van der Waals surface area contributed by atoms with E-state index in [1.54, 1.807) is 26.8 Å². The van der Waals surface area contributed by atoms with Gasteiger partial charge in [0, 0.05) is 12.8 Å². The van der Waals surface area contributed by atoms with Gasteiger partial charge in [-0.05, 0) is 55.7 Å². The first-order valence-corrected chi connectivity index (χ1v) is 13.3. The summed E-state index contributed by atoms with van der Waals surface area (Å²) in [7, 11) is 0. The van der Waals surface area contributed by atoms with Gasteiger partial charge in [-0.3, -0.25) is 19.2 Å². The van der Waals surface area contributed by atoms with Crippen molar-refractivity contribution in [1.82, 2.24) is 0 Å². The van der Waals surface area contributed by atoms with E-state index in [1.165, 1.54) is 12.1 Å². The van der Waals surface area contributed by atoms with E-state index in [0.717, 1.165) is 0 Å². The monoisotopic (exact) mass is 549 g/mol. The standard InChI is InChI=1S/C30H47NO8/c1-11-29(9,10)26(36)37-19(2)15-30(31,25(34)35)16-20-12-13-21(38-23(32)17-27(3,4)5)22(14-20)39-24(33)18-28(6,7)8/h12-14,19H,11,15-18,31H2,1-10H3,(H,34,35)/t19-,30?/m0/s1. The molecule has 3 N–H and O–H groups in total. The van der Waals surface area contributed by atoms with Gasteiger partial charge < -0.3 is 25.1 Å². The number of rotatable bonds is 12. The Morgan fingerprint density at radius 1 is 0.872 bits per heavy atom. The third kappa shape index (κ3) is 11.8. The third-order valence-corrected chi connectivity index (χ3v) is 6.15. The fourth-order valence-corrected chi connectivity index (χ4v) is 3.65.